The minimum Gasteiger partial charge on any atom is -0.465 e. The van der Waals surface area contributed by atoms with E-state index in [0.717, 1.165) is 16.9 Å². The molecule has 0 aliphatic carbocycles. The first-order valence-corrected chi connectivity index (χ1v) is 6.52. The summed E-state index contributed by atoms with van der Waals surface area (Å²) in [6.07, 6.45) is 3.36. The lowest BCUT2D eigenvalue weighted by Gasteiger charge is -2.06. The zero-order valence-corrected chi connectivity index (χ0v) is 11.5. The number of aromatic nitrogens is 1. The molecular weight excluding hydrogens is 276 g/mol. The summed E-state index contributed by atoms with van der Waals surface area (Å²) in [5.41, 5.74) is 7.16. The number of rotatable bonds is 4. The Morgan fingerprint density at radius 1 is 1.55 bits per heavy atom. The summed E-state index contributed by atoms with van der Waals surface area (Å²) in [4.78, 5) is 16.0. The van der Waals surface area contributed by atoms with Gasteiger partial charge in [0, 0.05) is 18.9 Å². The number of carbonyl (C=O) groups is 1. The molecule has 0 aromatic carbocycles. The normalized spacial score (nSPS) is 9.80. The van der Waals surface area contributed by atoms with Gasteiger partial charge in [-0.25, -0.2) is 4.79 Å². The Hall–Kier alpha value is -2.59. The number of nitrogen functional groups attached to an aromatic ring is 1. The van der Waals surface area contributed by atoms with Gasteiger partial charge < -0.3 is 15.8 Å². The average Bonchev–Trinajstić information content (AvgIpc) is 2.81. The van der Waals surface area contributed by atoms with Crippen LogP contribution in [0.2, 0.25) is 0 Å². The third-order valence-electron chi connectivity index (χ3n) is 2.64. The molecule has 0 saturated carbocycles. The number of hydrogen-bond acceptors (Lipinski definition) is 7. The largest absolute Gasteiger partial charge is 0.465 e. The first-order valence-electron chi connectivity index (χ1n) is 5.70. The molecule has 0 aliphatic rings. The van der Waals surface area contributed by atoms with Gasteiger partial charge in [0.1, 0.15) is 21.5 Å². The second-order valence-corrected chi connectivity index (χ2v) is 4.88. The van der Waals surface area contributed by atoms with E-state index in [1.54, 1.807) is 12.4 Å². The number of hydrogen-bond donors (Lipinski definition) is 2. The second-order valence-electron chi connectivity index (χ2n) is 3.86. The fourth-order valence-electron chi connectivity index (χ4n) is 1.64. The molecule has 0 unspecified atom stereocenters. The Labute approximate surface area is 119 Å². The van der Waals surface area contributed by atoms with Crippen molar-refractivity contribution >= 4 is 28.0 Å². The van der Waals surface area contributed by atoms with E-state index in [-0.39, 0.29) is 11.3 Å². The van der Waals surface area contributed by atoms with Crippen molar-refractivity contribution in [2.45, 2.75) is 6.54 Å². The van der Waals surface area contributed by atoms with Crippen molar-refractivity contribution in [3.8, 4) is 6.07 Å². The molecule has 0 fully saturated rings. The van der Waals surface area contributed by atoms with Crippen LogP contribution >= 0.6 is 11.3 Å². The number of ether oxygens (including phenoxy) is 1. The fraction of sp³-hybridized carbons (Fsp3) is 0.154. The van der Waals surface area contributed by atoms with Crippen LogP contribution in [0.15, 0.2) is 24.5 Å². The number of pyridine rings is 1. The van der Waals surface area contributed by atoms with E-state index < -0.39 is 5.97 Å². The smallest absolute Gasteiger partial charge is 0.343 e. The van der Waals surface area contributed by atoms with Crippen molar-refractivity contribution in [3.63, 3.8) is 0 Å². The van der Waals surface area contributed by atoms with Crippen molar-refractivity contribution < 1.29 is 9.53 Å². The molecule has 2 aromatic rings. The van der Waals surface area contributed by atoms with Gasteiger partial charge in [0.2, 0.25) is 0 Å². The molecule has 0 aliphatic heterocycles. The standard InChI is InChI=1S/C13H12N4O2S/c1-19-13(18)10-11(15)9(6-14)20-12(10)17-7-8-2-4-16-5-3-8/h2-5,17H,7,15H2,1H3. The first kappa shape index (κ1) is 13.8. The number of nitrogens with one attached hydrogen (secondary N) is 1. The van der Waals surface area contributed by atoms with Crippen LogP contribution in [0.3, 0.4) is 0 Å². The molecule has 0 radical (unpaired) electrons. The van der Waals surface area contributed by atoms with E-state index in [1.807, 2.05) is 18.2 Å². The van der Waals surface area contributed by atoms with Gasteiger partial charge in [-0.3, -0.25) is 4.98 Å². The number of nitrogens with zero attached hydrogens (tertiary/aromatic N) is 2. The predicted molar refractivity (Wildman–Crippen MR) is 76.3 cm³/mol. The lowest BCUT2D eigenvalue weighted by Crippen LogP contribution is -2.08. The number of methoxy groups -OCH3 is 1. The van der Waals surface area contributed by atoms with Crippen LogP contribution in [-0.2, 0) is 11.3 Å². The SMILES string of the molecule is COC(=O)c1c(NCc2ccncc2)sc(C#N)c1N. The lowest BCUT2D eigenvalue weighted by molar-refractivity contribution is 0.0603. The van der Waals surface area contributed by atoms with E-state index in [4.69, 9.17) is 15.7 Å². The summed E-state index contributed by atoms with van der Waals surface area (Å²) < 4.78 is 4.70. The highest BCUT2D eigenvalue weighted by atomic mass is 32.1. The zero-order valence-electron chi connectivity index (χ0n) is 10.7. The molecule has 2 aromatic heterocycles. The monoisotopic (exact) mass is 288 g/mol. The highest BCUT2D eigenvalue weighted by Gasteiger charge is 2.22. The fourth-order valence-corrected chi connectivity index (χ4v) is 2.54. The van der Waals surface area contributed by atoms with E-state index >= 15 is 0 Å². The Balaban J connectivity index is 2.27. The van der Waals surface area contributed by atoms with Crippen molar-refractivity contribution in [1.82, 2.24) is 4.98 Å². The van der Waals surface area contributed by atoms with Crippen molar-refractivity contribution in [2.24, 2.45) is 0 Å². The zero-order chi connectivity index (χ0) is 14.5. The molecule has 7 heteroatoms. The van der Waals surface area contributed by atoms with Crippen LogP contribution in [0.5, 0.6) is 0 Å². The number of nitrogens with two attached hydrogens (primary N) is 1. The minimum atomic E-state index is -0.558. The summed E-state index contributed by atoms with van der Waals surface area (Å²) in [7, 11) is 1.28. The number of anilines is 2. The highest BCUT2D eigenvalue weighted by molar-refractivity contribution is 7.17. The Kier molecular flexibility index (Phi) is 4.17. The Bertz CT molecular complexity index is 661. The highest BCUT2D eigenvalue weighted by Crippen LogP contribution is 2.35. The van der Waals surface area contributed by atoms with Gasteiger partial charge in [-0.1, -0.05) is 0 Å². The maximum absolute atomic E-state index is 11.7. The molecule has 0 saturated heterocycles. The topological polar surface area (TPSA) is 101 Å². The number of esters is 1. The maximum Gasteiger partial charge on any atom is 0.343 e. The van der Waals surface area contributed by atoms with Crippen LogP contribution in [-0.4, -0.2) is 18.1 Å². The molecule has 102 valence electrons. The summed E-state index contributed by atoms with van der Waals surface area (Å²) in [5, 5.41) is 12.6. The molecule has 3 N–H and O–H groups in total. The molecule has 0 amide bonds. The molecule has 0 atom stereocenters. The van der Waals surface area contributed by atoms with Gasteiger partial charge in [-0.15, -0.1) is 11.3 Å². The minimum absolute atomic E-state index is 0.154. The molecule has 2 heterocycles. The van der Waals surface area contributed by atoms with Crippen molar-refractivity contribution in [2.75, 3.05) is 18.2 Å². The molecule has 0 bridgehead atoms. The van der Waals surface area contributed by atoms with Crippen LogP contribution in [0.4, 0.5) is 10.7 Å². The quantitative estimate of drug-likeness (QED) is 0.834. The predicted octanol–water partition coefficient (Wildman–Crippen LogP) is 2.00. The summed E-state index contributed by atoms with van der Waals surface area (Å²) in [6.45, 7) is 0.497. The van der Waals surface area contributed by atoms with Gasteiger partial charge in [0.05, 0.1) is 12.8 Å². The van der Waals surface area contributed by atoms with Crippen molar-refractivity contribution in [3.05, 3.63) is 40.5 Å². The van der Waals surface area contributed by atoms with E-state index in [1.165, 1.54) is 7.11 Å². The average molecular weight is 288 g/mol. The molecule has 20 heavy (non-hydrogen) atoms. The van der Waals surface area contributed by atoms with Gasteiger partial charge >= 0.3 is 5.97 Å². The van der Waals surface area contributed by atoms with Crippen LogP contribution in [0, 0.1) is 11.3 Å². The third kappa shape index (κ3) is 2.70. The second kappa shape index (κ2) is 6.04. The molecule has 2 rings (SSSR count). The summed E-state index contributed by atoms with van der Waals surface area (Å²) in [6, 6.07) is 5.68. The lowest BCUT2D eigenvalue weighted by atomic mass is 10.2. The van der Waals surface area contributed by atoms with E-state index in [0.29, 0.717) is 16.4 Å². The number of carbonyl (C=O) groups excluding carboxylic acids is 1. The van der Waals surface area contributed by atoms with Gasteiger partial charge in [-0.2, -0.15) is 5.26 Å². The molecular formula is C13H12N4O2S. The van der Waals surface area contributed by atoms with Crippen LogP contribution in [0.25, 0.3) is 0 Å². The van der Waals surface area contributed by atoms with Gasteiger partial charge in [0.15, 0.2) is 0 Å². The Morgan fingerprint density at radius 3 is 2.85 bits per heavy atom. The number of thiophene rings is 1. The summed E-state index contributed by atoms with van der Waals surface area (Å²) >= 11 is 1.14. The first-order chi connectivity index (χ1) is 9.67. The van der Waals surface area contributed by atoms with E-state index in [9.17, 15) is 4.79 Å². The number of nitriles is 1. The van der Waals surface area contributed by atoms with Gasteiger partial charge in [0.25, 0.3) is 0 Å². The van der Waals surface area contributed by atoms with Crippen LogP contribution in [0.1, 0.15) is 20.8 Å². The molecule has 0 spiro atoms. The van der Waals surface area contributed by atoms with Gasteiger partial charge in [-0.05, 0) is 17.7 Å². The van der Waals surface area contributed by atoms with Crippen molar-refractivity contribution in [1.29, 1.82) is 5.26 Å². The third-order valence-corrected chi connectivity index (χ3v) is 3.71. The molecule has 6 nitrogen and oxygen atoms in total. The van der Waals surface area contributed by atoms with E-state index in [2.05, 4.69) is 10.3 Å². The maximum atomic E-state index is 11.7. The van der Waals surface area contributed by atoms with Crippen LogP contribution < -0.4 is 11.1 Å². The Morgan fingerprint density at radius 2 is 2.25 bits per heavy atom. The summed E-state index contributed by atoms with van der Waals surface area (Å²) in [5.74, 6) is -0.558.